The van der Waals surface area contributed by atoms with E-state index in [1.54, 1.807) is 63.3 Å². The van der Waals surface area contributed by atoms with E-state index in [4.69, 9.17) is 49.9 Å². The lowest BCUT2D eigenvalue weighted by molar-refractivity contribution is 0.0225. The number of methoxy groups -OCH3 is 2. The topological polar surface area (TPSA) is 243 Å². The van der Waals surface area contributed by atoms with E-state index in [1.807, 2.05) is 53.7 Å². The Morgan fingerprint density at radius 3 is 1.35 bits per heavy atom. The summed E-state index contributed by atoms with van der Waals surface area (Å²) < 4.78 is 33.5. The fraction of sp³-hybridized carbons (Fsp3) is 0.440. The molecule has 2 aliphatic heterocycles. The molecule has 8 heterocycles. The lowest BCUT2D eigenvalue weighted by Crippen LogP contribution is -2.38. The van der Waals surface area contributed by atoms with Crippen molar-refractivity contribution in [1.29, 1.82) is 0 Å². The summed E-state index contributed by atoms with van der Waals surface area (Å²) in [6.45, 7) is 12.2. The molecule has 0 amide bonds. The molecule has 0 unspecified atom stereocenters. The molecule has 0 bridgehead atoms. The molecule has 2 saturated carbocycles. The fourth-order valence-corrected chi connectivity index (χ4v) is 8.40. The molecule has 356 valence electrons. The van der Waals surface area contributed by atoms with Gasteiger partial charge in [-0.05, 0) is 101 Å². The number of fused-ring (bicyclic) bond motifs is 4. The summed E-state index contributed by atoms with van der Waals surface area (Å²) in [4.78, 5) is 52.1. The first-order chi connectivity index (χ1) is 32.5. The number of hydrogen-bond acceptors (Lipinski definition) is 18. The second-order valence-corrected chi connectivity index (χ2v) is 18.8. The highest BCUT2D eigenvalue weighted by molar-refractivity contribution is 5.95. The Hall–Kier alpha value is -6.60. The number of rotatable bonds is 14. The highest BCUT2D eigenvalue weighted by Gasteiger charge is 2.34. The highest BCUT2D eigenvalue weighted by Crippen LogP contribution is 2.39. The van der Waals surface area contributed by atoms with Crippen molar-refractivity contribution in [2.24, 2.45) is 11.5 Å². The molecule has 68 heavy (non-hydrogen) atoms. The van der Waals surface area contributed by atoms with E-state index < -0.39 is 11.1 Å². The van der Waals surface area contributed by atoms with Gasteiger partial charge in [0.1, 0.15) is 47.7 Å². The van der Waals surface area contributed by atoms with Crippen LogP contribution in [-0.2, 0) is 30.0 Å². The Labute approximate surface area is 394 Å². The van der Waals surface area contributed by atoms with Crippen molar-refractivity contribution < 1.29 is 38.0 Å². The quantitative estimate of drug-likeness (QED) is 0.0769. The van der Waals surface area contributed by atoms with Gasteiger partial charge in [-0.25, -0.2) is 39.5 Å². The number of ether oxygens (including phenoxy) is 6. The molecule has 0 radical (unpaired) electrons. The summed E-state index contributed by atoms with van der Waals surface area (Å²) in [5, 5.41) is 9.91. The molecule has 6 aromatic rings. The molecule has 2 fully saturated rings. The molecule has 2 aliphatic carbocycles. The van der Waals surface area contributed by atoms with E-state index in [9.17, 15) is 9.59 Å². The first kappa shape index (κ1) is 46.5. The van der Waals surface area contributed by atoms with Crippen molar-refractivity contribution in [1.82, 2.24) is 29.9 Å². The maximum absolute atomic E-state index is 12.2. The number of carbonyl (C=O) groups excluding carboxylic acids is 2. The lowest BCUT2D eigenvalue weighted by Gasteiger charge is -2.27. The number of anilines is 4. The van der Waals surface area contributed by atoms with E-state index in [0.29, 0.717) is 70.8 Å². The van der Waals surface area contributed by atoms with Crippen LogP contribution in [-0.4, -0.2) is 93.7 Å². The van der Waals surface area contributed by atoms with Crippen LogP contribution in [0.4, 0.5) is 23.3 Å². The zero-order valence-electron chi connectivity index (χ0n) is 39.6. The Kier molecular flexibility index (Phi) is 12.6. The van der Waals surface area contributed by atoms with E-state index in [2.05, 4.69) is 30.6 Å². The number of nitrogens with zero attached hydrogens (tertiary/aromatic N) is 6. The largest absolute Gasteiger partial charge is 0.474 e. The van der Waals surface area contributed by atoms with Crippen LogP contribution in [0.1, 0.15) is 122 Å². The van der Waals surface area contributed by atoms with Gasteiger partial charge < -0.3 is 50.5 Å². The van der Waals surface area contributed by atoms with Crippen molar-refractivity contribution in [3.63, 3.8) is 0 Å². The van der Waals surface area contributed by atoms with Gasteiger partial charge in [0.2, 0.25) is 11.8 Å². The molecular weight excluding hydrogens is 869 g/mol. The molecular formula is C50H58N10O8. The molecule has 0 aromatic carbocycles. The number of esters is 2. The van der Waals surface area contributed by atoms with Gasteiger partial charge in [-0.1, -0.05) is 13.8 Å². The van der Waals surface area contributed by atoms with Gasteiger partial charge in [0.25, 0.3) is 0 Å². The van der Waals surface area contributed by atoms with Gasteiger partial charge in [0, 0.05) is 62.0 Å². The molecule has 6 aromatic heterocycles. The van der Waals surface area contributed by atoms with Crippen LogP contribution >= 0.6 is 0 Å². The molecule has 0 saturated heterocycles. The van der Waals surface area contributed by atoms with Gasteiger partial charge >= 0.3 is 11.9 Å². The monoisotopic (exact) mass is 926 g/mol. The summed E-state index contributed by atoms with van der Waals surface area (Å²) in [6, 6.07) is 10.8. The molecule has 10 rings (SSSR count). The number of pyridine rings is 6. The average Bonchev–Trinajstić information content (AvgIpc) is 4.26. The minimum atomic E-state index is -0.757. The maximum Gasteiger partial charge on any atom is 0.340 e. The average molecular weight is 927 g/mol. The molecule has 6 N–H and O–H groups in total. The summed E-state index contributed by atoms with van der Waals surface area (Å²) >= 11 is 0. The minimum absolute atomic E-state index is 0.00851. The zero-order chi connectivity index (χ0) is 48.1. The van der Waals surface area contributed by atoms with E-state index in [0.717, 1.165) is 58.4 Å². The van der Waals surface area contributed by atoms with Crippen LogP contribution in [0, 0.1) is 0 Å². The Bertz CT molecular complexity index is 2710. The van der Waals surface area contributed by atoms with Crippen molar-refractivity contribution in [3.8, 4) is 11.8 Å². The Morgan fingerprint density at radius 1 is 0.588 bits per heavy atom. The van der Waals surface area contributed by atoms with Gasteiger partial charge in [0.05, 0.1) is 57.6 Å². The minimum Gasteiger partial charge on any atom is -0.474 e. The highest BCUT2D eigenvalue weighted by atomic mass is 16.5. The molecule has 18 nitrogen and oxygen atoms in total. The SMILES string of the molecule is COC[C@@](C)(N)c1cnc(OC2CC2)c2cnc(Nc3ccc4c(n3)[C@@H](C)[C@H](C)OC4=O)cc12.COC[C@](C)(N)c1cnc(OC2CC2)c2cnc(Nc3ccc4c(n3)[C@@H](C)[C@H](C)OC4=O)cc12. The number of carbonyl (C=O) groups is 2. The van der Waals surface area contributed by atoms with Crippen LogP contribution in [0.3, 0.4) is 0 Å². The third kappa shape index (κ3) is 9.58. The van der Waals surface area contributed by atoms with Gasteiger partial charge in [0.15, 0.2) is 0 Å². The van der Waals surface area contributed by atoms with E-state index in [-0.39, 0.29) is 48.2 Å². The van der Waals surface area contributed by atoms with Crippen molar-refractivity contribution in [2.45, 2.75) is 115 Å². The normalized spacial score (nSPS) is 21.5. The second-order valence-electron chi connectivity index (χ2n) is 18.8. The summed E-state index contributed by atoms with van der Waals surface area (Å²) in [5.74, 6) is 2.79. The van der Waals surface area contributed by atoms with Gasteiger partial charge in [-0.3, -0.25) is 0 Å². The van der Waals surface area contributed by atoms with Gasteiger partial charge in [-0.2, -0.15) is 0 Å². The van der Waals surface area contributed by atoms with Crippen molar-refractivity contribution in [3.05, 3.63) is 94.8 Å². The van der Waals surface area contributed by atoms with Crippen LogP contribution in [0.2, 0.25) is 0 Å². The van der Waals surface area contributed by atoms with Gasteiger partial charge in [-0.15, -0.1) is 0 Å². The maximum atomic E-state index is 12.2. The first-order valence-corrected chi connectivity index (χ1v) is 23.0. The molecule has 18 heteroatoms. The Morgan fingerprint density at radius 2 is 0.985 bits per heavy atom. The third-order valence-electron chi connectivity index (χ3n) is 12.9. The smallest absolute Gasteiger partial charge is 0.340 e. The molecule has 0 spiro atoms. The zero-order valence-corrected chi connectivity index (χ0v) is 39.6. The fourth-order valence-electron chi connectivity index (χ4n) is 8.40. The molecule has 6 atom stereocenters. The predicted octanol–water partition coefficient (Wildman–Crippen LogP) is 7.58. The third-order valence-corrected chi connectivity index (χ3v) is 12.9. The summed E-state index contributed by atoms with van der Waals surface area (Å²) in [7, 11) is 3.25. The summed E-state index contributed by atoms with van der Waals surface area (Å²) in [6.07, 6.45) is 11.1. The number of cyclic esters (lactones) is 2. The van der Waals surface area contributed by atoms with Crippen LogP contribution in [0.15, 0.2) is 61.2 Å². The first-order valence-electron chi connectivity index (χ1n) is 23.0. The predicted molar refractivity (Wildman–Crippen MR) is 255 cm³/mol. The van der Waals surface area contributed by atoms with Crippen molar-refractivity contribution >= 4 is 56.8 Å². The van der Waals surface area contributed by atoms with Crippen LogP contribution in [0.25, 0.3) is 21.5 Å². The second kappa shape index (κ2) is 18.5. The number of aromatic nitrogens is 6. The van der Waals surface area contributed by atoms with E-state index in [1.165, 1.54) is 0 Å². The van der Waals surface area contributed by atoms with E-state index >= 15 is 0 Å². The number of hydrogen-bond donors (Lipinski definition) is 4. The standard InChI is InChI=1S/2C25H29N5O4/c2*1-13-14(2)33-24(31)16-7-8-20(30-22(13)16)29-21-9-17-18(10-27-21)23(34-15-5-6-15)28-11-19(17)25(3,26)12-32-4/h2*7-11,13-15H,5-6,12,26H2,1-4H3,(H,27,29,30)/t13-,14-,25+;13-,14-,25-/m00/s1. The lowest BCUT2D eigenvalue weighted by atomic mass is 9.91. The number of nitrogens with two attached hydrogens (primary N) is 2. The molecule has 4 aliphatic rings. The van der Waals surface area contributed by atoms with Crippen LogP contribution in [0.5, 0.6) is 11.8 Å². The number of nitrogens with one attached hydrogen (secondary N) is 2. The van der Waals surface area contributed by atoms with Crippen molar-refractivity contribution in [2.75, 3.05) is 38.1 Å². The van der Waals surface area contributed by atoms with Crippen LogP contribution < -0.4 is 31.6 Å². The Balaban J connectivity index is 0.000000170. The summed E-state index contributed by atoms with van der Waals surface area (Å²) in [5.41, 5.74) is 15.8.